The first-order valence-electron chi connectivity index (χ1n) is 19.0. The van der Waals surface area contributed by atoms with Crippen molar-refractivity contribution in [3.63, 3.8) is 0 Å². The van der Waals surface area contributed by atoms with Gasteiger partial charge in [0.2, 0.25) is 5.41 Å². The first-order chi connectivity index (χ1) is 29.5. The van der Waals surface area contributed by atoms with E-state index < -0.39 is 134 Å². The smallest absolute Gasteiger partial charge is 0.411 e. The number of carbonyl (C=O) groups excluding carboxylic acids is 1. The fraction of sp³-hybridized carbons (Fsp3) is 0.375. The molecule has 0 aliphatic heterocycles. The van der Waals surface area contributed by atoms with Crippen LogP contribution in [-0.2, 0) is 51.3 Å². The second-order valence-corrected chi connectivity index (χ2v) is 20.9. The molecule has 65 heavy (non-hydrogen) atoms. The minimum atomic E-state index is -6.53. The summed E-state index contributed by atoms with van der Waals surface area (Å²) in [5.41, 5.74) is -12.2. The van der Waals surface area contributed by atoms with Crippen molar-refractivity contribution in [2.75, 3.05) is 0 Å². The van der Waals surface area contributed by atoms with E-state index >= 15 is 26.3 Å². The summed E-state index contributed by atoms with van der Waals surface area (Å²) in [6, 6.07) is 5.33. The molecule has 0 heterocycles. The second kappa shape index (κ2) is 17.9. The lowest BCUT2D eigenvalue weighted by Crippen LogP contribution is -2.55. The lowest BCUT2D eigenvalue weighted by Gasteiger charge is -2.39. The molecule has 0 aromatic heterocycles. The Morgan fingerprint density at radius 1 is 0.508 bits per heavy atom. The SMILES string of the molecule is CCC(C)(CC)Oc1ccc(C(c2ccc(Oc3ccc(C(=O)c4ccc(C(C)(CC)CC)c(S(=O)(=O)O)c4)cc3S(=O)(=O)O)c(S(=O)(=O)O)c2)(C(F)(F)F)C(F)(F)F)cc1S(=O)(=O)O. The van der Waals surface area contributed by atoms with Gasteiger partial charge in [0.05, 0.1) is 4.90 Å². The highest BCUT2D eigenvalue weighted by Gasteiger charge is 2.73. The average Bonchev–Trinajstić information content (AvgIpc) is 3.18. The fourth-order valence-corrected chi connectivity index (χ4v) is 9.71. The molecular formula is C40H42F6O15S4. The van der Waals surface area contributed by atoms with Crippen LogP contribution in [0.15, 0.2) is 92.4 Å². The average molecular weight is 1010 g/mol. The van der Waals surface area contributed by atoms with Crippen molar-refractivity contribution in [1.82, 2.24) is 0 Å². The predicted molar refractivity (Wildman–Crippen MR) is 219 cm³/mol. The summed E-state index contributed by atoms with van der Waals surface area (Å²) in [5.74, 6) is -4.41. The van der Waals surface area contributed by atoms with Crippen molar-refractivity contribution in [1.29, 1.82) is 0 Å². The number of hydrogen-bond donors (Lipinski definition) is 4. The number of halogens is 6. The molecule has 4 aromatic rings. The second-order valence-electron chi connectivity index (χ2n) is 15.3. The van der Waals surface area contributed by atoms with Gasteiger partial charge >= 0.3 is 12.4 Å². The van der Waals surface area contributed by atoms with Gasteiger partial charge in [-0.15, -0.1) is 0 Å². The molecule has 0 saturated carbocycles. The van der Waals surface area contributed by atoms with Gasteiger partial charge in [-0.25, -0.2) is 0 Å². The van der Waals surface area contributed by atoms with Crippen LogP contribution in [0.25, 0.3) is 0 Å². The monoisotopic (exact) mass is 1000 g/mol. The van der Waals surface area contributed by atoms with E-state index in [1.807, 2.05) is 0 Å². The van der Waals surface area contributed by atoms with Crippen molar-refractivity contribution in [3.05, 3.63) is 101 Å². The topological polar surface area (TPSA) is 253 Å². The van der Waals surface area contributed by atoms with Crippen LogP contribution in [0.3, 0.4) is 0 Å². The van der Waals surface area contributed by atoms with E-state index in [2.05, 4.69) is 0 Å². The Morgan fingerprint density at radius 3 is 1.25 bits per heavy atom. The summed E-state index contributed by atoms with van der Waals surface area (Å²) >= 11 is 0. The van der Waals surface area contributed by atoms with Gasteiger partial charge in [0, 0.05) is 11.1 Å². The maximum atomic E-state index is 15.3. The van der Waals surface area contributed by atoms with E-state index in [0.29, 0.717) is 31.0 Å². The maximum absolute atomic E-state index is 15.3. The van der Waals surface area contributed by atoms with Gasteiger partial charge < -0.3 is 9.47 Å². The summed E-state index contributed by atoms with van der Waals surface area (Å²) < 4.78 is 243. The summed E-state index contributed by atoms with van der Waals surface area (Å²) in [4.78, 5) is 8.23. The number of benzene rings is 4. The lowest BCUT2D eigenvalue weighted by molar-refractivity contribution is -0.288. The number of rotatable bonds is 17. The number of ketones is 1. The van der Waals surface area contributed by atoms with E-state index in [1.165, 1.54) is 13.0 Å². The van der Waals surface area contributed by atoms with Crippen molar-refractivity contribution in [2.24, 2.45) is 0 Å². The predicted octanol–water partition coefficient (Wildman–Crippen LogP) is 9.14. The van der Waals surface area contributed by atoms with E-state index in [9.17, 15) is 56.7 Å². The standard InChI is InChI=1S/C40H42F6O15S4/c1-7-36(5,8-2)27-15-11-23(19-31(27)62(48,49)50)35(47)24-12-16-28(32(20-24)63(51,52)53)60-29-17-13-25(21-33(29)64(54,55)56)38(39(41,42)43,40(44,45)46)26-14-18-30(34(22-26)65(57,58)59)61-37(6,9-3)10-4/h11-22H,7-10H2,1-6H3,(H,48,49,50)(H,51,52,53)(H,54,55,56)(H,57,58,59). The third kappa shape index (κ3) is 10.5. The Kier molecular flexibility index (Phi) is 14.6. The van der Waals surface area contributed by atoms with Crippen molar-refractivity contribution in [2.45, 2.75) is 116 Å². The quantitative estimate of drug-likeness (QED) is 0.0437. The molecule has 0 radical (unpaired) electrons. The molecule has 0 atom stereocenters. The zero-order chi connectivity index (χ0) is 49.7. The molecule has 4 N–H and O–H groups in total. The molecule has 4 rings (SSSR count). The highest BCUT2D eigenvalue weighted by atomic mass is 32.2. The van der Waals surface area contributed by atoms with Gasteiger partial charge in [-0.2, -0.15) is 60.0 Å². The van der Waals surface area contributed by atoms with Gasteiger partial charge in [0.1, 0.15) is 37.5 Å². The molecule has 0 fully saturated rings. The Balaban J connectivity index is 1.97. The summed E-state index contributed by atoms with van der Waals surface area (Å²) in [7, 11) is -22.1. The molecule has 0 aliphatic carbocycles. The molecule has 25 heteroatoms. The Bertz CT molecular complexity index is 2950. The van der Waals surface area contributed by atoms with E-state index in [0.717, 1.165) is 18.2 Å². The van der Waals surface area contributed by atoms with E-state index in [1.54, 1.807) is 34.6 Å². The Hall–Kier alpha value is -4.63. The van der Waals surface area contributed by atoms with Crippen LogP contribution >= 0.6 is 0 Å². The zero-order valence-corrected chi connectivity index (χ0v) is 38.2. The summed E-state index contributed by atoms with van der Waals surface area (Å²) in [5, 5.41) is 0. The molecule has 0 aliphatic rings. The molecule has 358 valence electrons. The molecule has 4 aromatic carbocycles. The van der Waals surface area contributed by atoms with Gasteiger partial charge in [-0.1, -0.05) is 58.9 Å². The van der Waals surface area contributed by atoms with Gasteiger partial charge in [-0.05, 0) is 103 Å². The lowest BCUT2D eigenvalue weighted by atomic mass is 9.73. The third-order valence-corrected chi connectivity index (χ3v) is 15.0. The third-order valence-electron chi connectivity index (χ3n) is 11.4. The maximum Gasteiger partial charge on any atom is 0.411 e. The minimum Gasteiger partial charge on any atom is -0.486 e. The van der Waals surface area contributed by atoms with Gasteiger partial charge in [0.15, 0.2) is 5.78 Å². The van der Waals surface area contributed by atoms with Gasteiger partial charge in [0.25, 0.3) is 40.5 Å². The first kappa shape index (κ1) is 53.0. The molecule has 0 spiro atoms. The van der Waals surface area contributed by atoms with Crippen LogP contribution in [0, 0.1) is 0 Å². The van der Waals surface area contributed by atoms with Crippen molar-refractivity contribution >= 4 is 46.3 Å². The van der Waals surface area contributed by atoms with Gasteiger partial charge in [-0.3, -0.25) is 23.0 Å². The summed E-state index contributed by atoms with van der Waals surface area (Å²) in [6.07, 6.45) is -12.0. The van der Waals surface area contributed by atoms with Crippen LogP contribution in [0.1, 0.15) is 99.8 Å². The minimum absolute atomic E-state index is 0.0112. The van der Waals surface area contributed by atoms with Crippen LogP contribution in [0.2, 0.25) is 0 Å². The zero-order valence-electron chi connectivity index (χ0n) is 34.9. The van der Waals surface area contributed by atoms with E-state index in [4.69, 9.17) is 9.47 Å². The largest absolute Gasteiger partial charge is 0.486 e. The highest BCUT2D eigenvalue weighted by Crippen LogP contribution is 2.57. The normalized spacial score (nSPS) is 13.7. The Morgan fingerprint density at radius 2 is 0.862 bits per heavy atom. The Labute approximate surface area is 370 Å². The molecule has 0 saturated heterocycles. The van der Waals surface area contributed by atoms with Crippen molar-refractivity contribution < 1.29 is 92.5 Å². The van der Waals surface area contributed by atoms with Crippen molar-refractivity contribution in [3.8, 4) is 17.2 Å². The number of carbonyl (C=O) groups is 1. The number of alkyl halides is 6. The number of ether oxygens (including phenoxy) is 2. The molecule has 0 unspecified atom stereocenters. The van der Waals surface area contributed by atoms with E-state index in [-0.39, 0.29) is 48.7 Å². The van der Waals surface area contributed by atoms with Crippen LogP contribution < -0.4 is 9.47 Å². The number of hydrogen-bond acceptors (Lipinski definition) is 11. The first-order valence-corrected chi connectivity index (χ1v) is 24.7. The molecule has 0 bridgehead atoms. The van der Waals surface area contributed by atoms with Crippen LogP contribution in [0.5, 0.6) is 17.2 Å². The van der Waals surface area contributed by atoms with Crippen LogP contribution in [0.4, 0.5) is 26.3 Å². The molecule has 15 nitrogen and oxygen atoms in total. The van der Waals surface area contributed by atoms with Crippen LogP contribution in [-0.4, -0.2) is 75.6 Å². The molecule has 0 amide bonds. The highest BCUT2D eigenvalue weighted by molar-refractivity contribution is 7.86. The molecular weight excluding hydrogens is 963 g/mol. The summed E-state index contributed by atoms with van der Waals surface area (Å²) in [6.45, 7) is 9.79. The fourth-order valence-electron chi connectivity index (χ4n) is 6.92.